The lowest BCUT2D eigenvalue weighted by atomic mass is 10.0. The number of carbonyl (C=O) groups excluding carboxylic acids is 2. The summed E-state index contributed by atoms with van der Waals surface area (Å²) >= 11 is 0. The molecule has 0 aliphatic heterocycles. The highest BCUT2D eigenvalue weighted by molar-refractivity contribution is 5.87. The number of H-pyrrole nitrogens is 1. The first-order chi connectivity index (χ1) is 12.1. The van der Waals surface area contributed by atoms with Crippen LogP contribution >= 0.6 is 0 Å². The van der Waals surface area contributed by atoms with Crippen LogP contribution in [0.5, 0.6) is 0 Å². The Morgan fingerprint density at radius 3 is 2.46 bits per heavy atom. The molecule has 1 aromatic heterocycles. The van der Waals surface area contributed by atoms with Gasteiger partial charge in [0.05, 0.1) is 7.11 Å². The lowest BCUT2D eigenvalue weighted by molar-refractivity contribution is -0.173. The van der Waals surface area contributed by atoms with Crippen molar-refractivity contribution in [2.45, 2.75) is 38.8 Å². The molecule has 0 spiro atoms. The minimum Gasteiger partial charge on any atom is -0.444 e. The molecular weight excluding hydrogens is 334 g/mol. The fourth-order valence-corrected chi connectivity index (χ4v) is 2.66. The van der Waals surface area contributed by atoms with Crippen LogP contribution in [0.1, 0.15) is 26.3 Å². The molecular formula is C19H27N3O4. The van der Waals surface area contributed by atoms with E-state index in [1.165, 1.54) is 19.1 Å². The van der Waals surface area contributed by atoms with Crippen molar-refractivity contribution in [3.05, 3.63) is 36.0 Å². The second-order valence-corrected chi connectivity index (χ2v) is 7.19. The number of rotatable bonds is 5. The summed E-state index contributed by atoms with van der Waals surface area (Å²) in [5, 5.41) is 2.14. The molecule has 1 unspecified atom stereocenters. The topological polar surface area (TPSA) is 74.9 Å². The van der Waals surface area contributed by atoms with E-state index in [2.05, 4.69) is 4.98 Å². The number of aromatic amines is 1. The predicted molar refractivity (Wildman–Crippen MR) is 99.6 cm³/mol. The molecule has 7 nitrogen and oxygen atoms in total. The normalized spacial score (nSPS) is 12.7. The number of fused-ring (bicyclic) bond motifs is 1. The summed E-state index contributed by atoms with van der Waals surface area (Å²) in [5.74, 6) is -0.328. The van der Waals surface area contributed by atoms with E-state index < -0.39 is 17.7 Å². The lowest BCUT2D eigenvalue weighted by Crippen LogP contribution is -2.50. The third-order valence-corrected chi connectivity index (χ3v) is 4.11. The lowest BCUT2D eigenvalue weighted by Gasteiger charge is -2.31. The van der Waals surface area contributed by atoms with Gasteiger partial charge in [-0.1, -0.05) is 18.2 Å². The first-order valence-corrected chi connectivity index (χ1v) is 8.46. The second-order valence-electron chi connectivity index (χ2n) is 7.19. The molecule has 0 saturated heterocycles. The van der Waals surface area contributed by atoms with Crippen molar-refractivity contribution < 1.29 is 19.2 Å². The maximum absolute atomic E-state index is 12.8. The maximum Gasteiger partial charge on any atom is 0.410 e. The number of amides is 2. The fourth-order valence-electron chi connectivity index (χ4n) is 2.66. The van der Waals surface area contributed by atoms with Gasteiger partial charge in [-0.3, -0.25) is 14.5 Å². The molecule has 7 heteroatoms. The molecule has 1 atom stereocenters. The first kappa shape index (κ1) is 19.8. The van der Waals surface area contributed by atoms with Gasteiger partial charge in [-0.15, -0.1) is 0 Å². The summed E-state index contributed by atoms with van der Waals surface area (Å²) in [5.41, 5.74) is 1.28. The molecule has 0 aliphatic rings. The van der Waals surface area contributed by atoms with Crippen molar-refractivity contribution in [1.29, 1.82) is 0 Å². The molecule has 0 bridgehead atoms. The van der Waals surface area contributed by atoms with E-state index in [0.717, 1.165) is 21.5 Å². The quantitative estimate of drug-likeness (QED) is 0.831. The summed E-state index contributed by atoms with van der Waals surface area (Å²) in [7, 11) is 4.50. The number of ether oxygens (including phenoxy) is 1. The van der Waals surface area contributed by atoms with E-state index in [9.17, 15) is 9.59 Å². The van der Waals surface area contributed by atoms with Gasteiger partial charge < -0.3 is 9.72 Å². The van der Waals surface area contributed by atoms with Crippen LogP contribution in [0.15, 0.2) is 30.5 Å². The Morgan fingerprint density at radius 1 is 1.19 bits per heavy atom. The van der Waals surface area contributed by atoms with Crippen molar-refractivity contribution in [3.63, 3.8) is 0 Å². The highest BCUT2D eigenvalue weighted by Gasteiger charge is 2.33. The number of hydrogen-bond acceptors (Lipinski definition) is 4. The van der Waals surface area contributed by atoms with E-state index in [1.807, 2.05) is 30.5 Å². The zero-order valence-electron chi connectivity index (χ0n) is 16.2. The third kappa shape index (κ3) is 4.54. The number of nitrogens with zero attached hydrogens (tertiary/aromatic N) is 2. The SMILES string of the molecule is CON(C)C(=O)C(Cc1c[nH]c2ccccc12)N(C)C(=O)OC(C)(C)C. The van der Waals surface area contributed by atoms with Crippen molar-refractivity contribution in [2.75, 3.05) is 21.2 Å². The largest absolute Gasteiger partial charge is 0.444 e. The van der Waals surface area contributed by atoms with Gasteiger partial charge in [0.2, 0.25) is 0 Å². The van der Waals surface area contributed by atoms with Crippen molar-refractivity contribution in [2.24, 2.45) is 0 Å². The number of aromatic nitrogens is 1. The average Bonchev–Trinajstić information content (AvgIpc) is 2.99. The van der Waals surface area contributed by atoms with Crippen LogP contribution in [0.2, 0.25) is 0 Å². The summed E-state index contributed by atoms with van der Waals surface area (Å²) in [6.07, 6.45) is 1.65. The summed E-state index contributed by atoms with van der Waals surface area (Å²) < 4.78 is 5.42. The molecule has 2 aromatic rings. The Kier molecular flexibility index (Phi) is 5.92. The molecule has 1 N–H and O–H groups in total. The smallest absolute Gasteiger partial charge is 0.410 e. The van der Waals surface area contributed by atoms with Crippen LogP contribution in [-0.4, -0.2) is 59.8 Å². The summed E-state index contributed by atoms with van der Waals surface area (Å²) in [4.78, 5) is 34.8. The number of hydrogen-bond donors (Lipinski definition) is 1. The summed E-state index contributed by atoms with van der Waals surface area (Å²) in [6.45, 7) is 5.36. The van der Waals surface area contributed by atoms with E-state index in [1.54, 1.807) is 27.8 Å². The van der Waals surface area contributed by atoms with E-state index in [-0.39, 0.29) is 5.91 Å². The van der Waals surface area contributed by atoms with Crippen LogP contribution in [-0.2, 0) is 20.8 Å². The van der Waals surface area contributed by atoms with E-state index >= 15 is 0 Å². The Hall–Kier alpha value is -2.54. The monoisotopic (exact) mass is 361 g/mol. The fraction of sp³-hybridized carbons (Fsp3) is 0.474. The highest BCUT2D eigenvalue weighted by atomic mass is 16.7. The minimum atomic E-state index is -0.756. The maximum atomic E-state index is 12.8. The molecule has 142 valence electrons. The Labute approximate surface area is 153 Å². The van der Waals surface area contributed by atoms with Gasteiger partial charge in [0.15, 0.2) is 0 Å². The van der Waals surface area contributed by atoms with Crippen LogP contribution in [0.3, 0.4) is 0 Å². The number of carbonyl (C=O) groups is 2. The minimum absolute atomic E-state index is 0.328. The average molecular weight is 361 g/mol. The predicted octanol–water partition coefficient (Wildman–Crippen LogP) is 2.97. The number of likely N-dealkylation sites (N-methyl/N-ethyl adjacent to an activating group) is 2. The number of hydroxylamine groups is 2. The molecule has 0 fully saturated rings. The van der Waals surface area contributed by atoms with Gasteiger partial charge in [0, 0.05) is 37.6 Å². The van der Waals surface area contributed by atoms with Gasteiger partial charge in [0.1, 0.15) is 11.6 Å². The van der Waals surface area contributed by atoms with Gasteiger partial charge in [0.25, 0.3) is 5.91 Å². The highest BCUT2D eigenvalue weighted by Crippen LogP contribution is 2.22. The zero-order valence-corrected chi connectivity index (χ0v) is 16.2. The molecule has 2 amide bonds. The molecule has 26 heavy (non-hydrogen) atoms. The van der Waals surface area contributed by atoms with Crippen LogP contribution in [0, 0.1) is 0 Å². The zero-order chi connectivity index (χ0) is 19.5. The Balaban J connectivity index is 2.32. The van der Waals surface area contributed by atoms with Gasteiger partial charge in [-0.05, 0) is 32.4 Å². The van der Waals surface area contributed by atoms with E-state index in [0.29, 0.717) is 6.42 Å². The number of para-hydroxylation sites is 1. The molecule has 1 heterocycles. The van der Waals surface area contributed by atoms with Crippen molar-refractivity contribution >= 4 is 22.9 Å². The van der Waals surface area contributed by atoms with Gasteiger partial charge >= 0.3 is 6.09 Å². The van der Waals surface area contributed by atoms with Gasteiger partial charge in [-0.2, -0.15) is 0 Å². The standard InChI is InChI=1S/C19H27N3O4/c1-19(2,3)26-18(24)21(4)16(17(23)22(5)25-6)11-13-12-20-15-10-8-7-9-14(13)15/h7-10,12,16,20H,11H2,1-6H3. The van der Waals surface area contributed by atoms with Crippen molar-refractivity contribution in [3.8, 4) is 0 Å². The molecule has 2 rings (SSSR count). The molecule has 0 saturated carbocycles. The summed E-state index contributed by atoms with van der Waals surface area (Å²) in [6, 6.07) is 7.07. The molecule has 0 radical (unpaired) electrons. The van der Waals surface area contributed by atoms with Crippen molar-refractivity contribution in [1.82, 2.24) is 14.9 Å². The third-order valence-electron chi connectivity index (χ3n) is 4.11. The first-order valence-electron chi connectivity index (χ1n) is 8.46. The molecule has 1 aromatic carbocycles. The van der Waals surface area contributed by atoms with Crippen LogP contribution in [0.4, 0.5) is 4.79 Å². The second kappa shape index (κ2) is 7.78. The van der Waals surface area contributed by atoms with Crippen LogP contribution < -0.4 is 0 Å². The Bertz CT molecular complexity index is 778. The molecule has 0 aliphatic carbocycles. The number of nitrogens with one attached hydrogen (secondary N) is 1. The number of benzene rings is 1. The van der Waals surface area contributed by atoms with Crippen LogP contribution in [0.25, 0.3) is 10.9 Å². The van der Waals surface area contributed by atoms with Gasteiger partial charge in [-0.25, -0.2) is 9.86 Å². The van der Waals surface area contributed by atoms with E-state index in [4.69, 9.17) is 9.57 Å². The Morgan fingerprint density at radius 2 is 1.85 bits per heavy atom.